The molecule has 1 unspecified atom stereocenters. The van der Waals surface area contributed by atoms with Crippen molar-refractivity contribution >= 4 is 29.2 Å². The van der Waals surface area contributed by atoms with Crippen molar-refractivity contribution in [1.82, 2.24) is 4.90 Å². The molecular formula is C14H17ClN2O3. The predicted molar refractivity (Wildman–Crippen MR) is 76.8 cm³/mol. The number of carboxylic acid groups (broad SMARTS) is 1. The number of rotatable bonds is 3. The van der Waals surface area contributed by atoms with E-state index in [0.717, 1.165) is 0 Å². The van der Waals surface area contributed by atoms with Crippen molar-refractivity contribution in [1.29, 1.82) is 0 Å². The van der Waals surface area contributed by atoms with E-state index < -0.39 is 11.5 Å². The highest BCUT2D eigenvalue weighted by Gasteiger charge is 2.48. The van der Waals surface area contributed by atoms with E-state index in [4.69, 9.17) is 17.3 Å². The Hall–Kier alpha value is -1.75. The number of hydrogen-bond acceptors (Lipinski definition) is 3. The van der Waals surface area contributed by atoms with Crippen LogP contribution in [-0.4, -0.2) is 34.0 Å². The van der Waals surface area contributed by atoms with Crippen molar-refractivity contribution in [2.75, 3.05) is 12.3 Å². The van der Waals surface area contributed by atoms with Crippen molar-refractivity contribution in [3.8, 4) is 0 Å². The Morgan fingerprint density at radius 2 is 2.20 bits per heavy atom. The van der Waals surface area contributed by atoms with E-state index in [1.54, 1.807) is 19.1 Å². The van der Waals surface area contributed by atoms with Gasteiger partial charge in [0.25, 0.3) is 5.91 Å². The van der Waals surface area contributed by atoms with Gasteiger partial charge in [0.15, 0.2) is 0 Å². The van der Waals surface area contributed by atoms with Crippen LogP contribution in [0.3, 0.4) is 0 Å². The fourth-order valence-corrected chi connectivity index (χ4v) is 2.87. The Morgan fingerprint density at radius 3 is 2.75 bits per heavy atom. The number of halogens is 1. The third-order valence-electron chi connectivity index (χ3n) is 3.96. The van der Waals surface area contributed by atoms with Crippen LogP contribution in [0, 0.1) is 0 Å². The minimum atomic E-state index is -1.11. The second-order valence-corrected chi connectivity index (χ2v) is 5.39. The highest BCUT2D eigenvalue weighted by atomic mass is 35.5. The van der Waals surface area contributed by atoms with Gasteiger partial charge in [0, 0.05) is 12.1 Å². The number of likely N-dealkylation sites (tertiary alicyclic amines) is 1. The zero-order valence-corrected chi connectivity index (χ0v) is 12.0. The molecule has 5 nitrogen and oxygen atoms in total. The first-order chi connectivity index (χ1) is 9.42. The van der Waals surface area contributed by atoms with E-state index in [1.165, 1.54) is 11.0 Å². The lowest BCUT2D eigenvalue weighted by Crippen LogP contribution is -2.52. The van der Waals surface area contributed by atoms with Gasteiger partial charge >= 0.3 is 5.97 Å². The van der Waals surface area contributed by atoms with Gasteiger partial charge in [-0.15, -0.1) is 0 Å². The Kier molecular flexibility index (Phi) is 3.90. The number of aliphatic carboxylic acids is 1. The summed E-state index contributed by atoms with van der Waals surface area (Å²) in [6.45, 7) is 2.23. The van der Waals surface area contributed by atoms with Crippen molar-refractivity contribution in [3.05, 3.63) is 28.8 Å². The molecule has 1 fully saturated rings. The molecule has 108 valence electrons. The first-order valence-electron chi connectivity index (χ1n) is 6.53. The number of nitrogen functional groups attached to an aromatic ring is 1. The zero-order chi connectivity index (χ0) is 14.9. The molecule has 0 radical (unpaired) electrons. The molecule has 0 saturated carbocycles. The number of carboxylic acids is 1. The molecule has 20 heavy (non-hydrogen) atoms. The summed E-state index contributed by atoms with van der Waals surface area (Å²) in [7, 11) is 0. The summed E-state index contributed by atoms with van der Waals surface area (Å²) in [5, 5.41) is 9.87. The number of nitrogens with zero attached hydrogens (tertiary/aromatic N) is 1. The highest BCUT2D eigenvalue weighted by molar-refractivity contribution is 6.33. The molecule has 0 aromatic heterocycles. The fourth-order valence-electron chi connectivity index (χ4n) is 2.75. The number of carbonyl (C=O) groups is 2. The second kappa shape index (κ2) is 5.32. The van der Waals surface area contributed by atoms with Crippen molar-refractivity contribution in [2.24, 2.45) is 0 Å². The van der Waals surface area contributed by atoms with Gasteiger partial charge in [-0.25, -0.2) is 4.79 Å². The van der Waals surface area contributed by atoms with Gasteiger partial charge in [0.1, 0.15) is 5.54 Å². The minimum absolute atomic E-state index is 0.310. The van der Waals surface area contributed by atoms with E-state index in [1.807, 2.05) is 0 Å². The summed E-state index contributed by atoms with van der Waals surface area (Å²) in [4.78, 5) is 25.6. The van der Waals surface area contributed by atoms with Gasteiger partial charge in [0.2, 0.25) is 0 Å². The summed E-state index contributed by atoms with van der Waals surface area (Å²) >= 11 is 5.83. The molecule has 1 saturated heterocycles. The smallest absolute Gasteiger partial charge is 0.329 e. The van der Waals surface area contributed by atoms with Crippen LogP contribution in [0.1, 0.15) is 36.5 Å². The molecule has 1 heterocycles. The van der Waals surface area contributed by atoms with Gasteiger partial charge < -0.3 is 15.7 Å². The quantitative estimate of drug-likeness (QED) is 0.839. The largest absolute Gasteiger partial charge is 0.479 e. The number of amides is 1. The van der Waals surface area contributed by atoms with Crippen LogP contribution in [-0.2, 0) is 4.79 Å². The van der Waals surface area contributed by atoms with Crippen LogP contribution in [0.15, 0.2) is 18.2 Å². The summed E-state index contributed by atoms with van der Waals surface area (Å²) in [5.41, 5.74) is 5.27. The Bertz CT molecular complexity index is 561. The molecule has 1 atom stereocenters. The zero-order valence-electron chi connectivity index (χ0n) is 11.2. The van der Waals surface area contributed by atoms with Crippen LogP contribution in [0.4, 0.5) is 5.69 Å². The van der Waals surface area contributed by atoms with E-state index >= 15 is 0 Å². The first kappa shape index (κ1) is 14.7. The van der Waals surface area contributed by atoms with Crippen LogP contribution in [0.5, 0.6) is 0 Å². The third-order valence-corrected chi connectivity index (χ3v) is 4.30. The molecule has 0 aliphatic carbocycles. The molecule has 1 aromatic carbocycles. The van der Waals surface area contributed by atoms with Crippen LogP contribution in [0.2, 0.25) is 5.02 Å². The Labute approximate surface area is 122 Å². The van der Waals surface area contributed by atoms with E-state index in [-0.39, 0.29) is 5.91 Å². The lowest BCUT2D eigenvalue weighted by molar-refractivity contribution is -0.148. The summed E-state index contributed by atoms with van der Waals surface area (Å²) in [6.07, 6.45) is 1.56. The lowest BCUT2D eigenvalue weighted by Gasteiger charge is -2.34. The SMILES string of the molecule is CCC1(C(=O)O)CCCN1C(=O)c1ccc(Cl)c(N)c1. The number of nitrogens with two attached hydrogens (primary N) is 1. The maximum absolute atomic E-state index is 12.6. The average Bonchev–Trinajstić information content (AvgIpc) is 2.86. The number of carbonyl (C=O) groups excluding carboxylic acids is 1. The van der Waals surface area contributed by atoms with Crippen molar-refractivity contribution in [2.45, 2.75) is 31.7 Å². The monoisotopic (exact) mass is 296 g/mol. The Balaban J connectivity index is 2.36. The molecule has 1 amide bonds. The standard InChI is InChI=1S/C14H17ClN2O3/c1-2-14(13(19)20)6-3-7-17(14)12(18)9-4-5-10(15)11(16)8-9/h4-5,8H,2-3,6-7,16H2,1H3,(H,19,20). The third kappa shape index (κ3) is 2.22. The van der Waals surface area contributed by atoms with Gasteiger partial charge in [-0.1, -0.05) is 18.5 Å². The maximum atomic E-state index is 12.6. The lowest BCUT2D eigenvalue weighted by atomic mass is 9.92. The van der Waals surface area contributed by atoms with E-state index in [9.17, 15) is 14.7 Å². The van der Waals surface area contributed by atoms with E-state index in [0.29, 0.717) is 42.1 Å². The maximum Gasteiger partial charge on any atom is 0.329 e. The number of hydrogen-bond donors (Lipinski definition) is 2. The molecule has 2 rings (SSSR count). The van der Waals surface area contributed by atoms with Gasteiger partial charge in [-0.05, 0) is 37.5 Å². The summed E-state index contributed by atoms with van der Waals surface area (Å²) < 4.78 is 0. The van der Waals surface area contributed by atoms with Gasteiger partial charge in [-0.3, -0.25) is 4.79 Å². The summed E-state index contributed by atoms with van der Waals surface area (Å²) in [5.74, 6) is -1.26. The Morgan fingerprint density at radius 1 is 1.50 bits per heavy atom. The molecule has 6 heteroatoms. The average molecular weight is 297 g/mol. The molecule has 0 bridgehead atoms. The molecule has 0 spiro atoms. The first-order valence-corrected chi connectivity index (χ1v) is 6.90. The fraction of sp³-hybridized carbons (Fsp3) is 0.429. The highest BCUT2D eigenvalue weighted by Crippen LogP contribution is 2.34. The number of benzene rings is 1. The molecule has 1 aliphatic rings. The molecule has 3 N–H and O–H groups in total. The van der Waals surface area contributed by atoms with E-state index in [2.05, 4.69) is 0 Å². The molecular weight excluding hydrogens is 280 g/mol. The summed E-state index contributed by atoms with van der Waals surface area (Å²) in [6, 6.07) is 4.61. The molecule has 1 aromatic rings. The van der Waals surface area contributed by atoms with Gasteiger partial charge in [0.05, 0.1) is 10.7 Å². The van der Waals surface area contributed by atoms with Gasteiger partial charge in [-0.2, -0.15) is 0 Å². The molecule has 1 aliphatic heterocycles. The topological polar surface area (TPSA) is 83.6 Å². The normalized spacial score (nSPS) is 22.0. The van der Waals surface area contributed by atoms with Crippen molar-refractivity contribution in [3.63, 3.8) is 0 Å². The van der Waals surface area contributed by atoms with Crippen molar-refractivity contribution < 1.29 is 14.7 Å². The van der Waals surface area contributed by atoms with Crippen LogP contribution >= 0.6 is 11.6 Å². The minimum Gasteiger partial charge on any atom is -0.479 e. The number of anilines is 1. The van der Waals surface area contributed by atoms with Crippen LogP contribution < -0.4 is 5.73 Å². The van der Waals surface area contributed by atoms with Crippen LogP contribution in [0.25, 0.3) is 0 Å². The second-order valence-electron chi connectivity index (χ2n) is 4.99. The predicted octanol–water partition coefficient (Wildman–Crippen LogP) is 2.39.